The van der Waals surface area contributed by atoms with Gasteiger partial charge in [0.1, 0.15) is 5.75 Å². The second-order valence-corrected chi connectivity index (χ2v) is 6.84. The predicted octanol–water partition coefficient (Wildman–Crippen LogP) is 2.83. The summed E-state index contributed by atoms with van der Waals surface area (Å²) in [6.07, 6.45) is -0.0285. The fourth-order valence-corrected chi connectivity index (χ4v) is 3.61. The molecule has 0 bridgehead atoms. The predicted molar refractivity (Wildman–Crippen MR) is 97.9 cm³/mol. The fraction of sp³-hybridized carbons (Fsp3) is 0.167. The highest BCUT2D eigenvalue weighted by Crippen LogP contribution is 2.37. The lowest BCUT2D eigenvalue weighted by atomic mass is 10.2. The first kappa shape index (κ1) is 17.8. The lowest BCUT2D eigenvalue weighted by molar-refractivity contribution is -0.120. The number of carboxylic acid groups (broad SMARTS) is 1. The van der Waals surface area contributed by atoms with Crippen LogP contribution in [0.15, 0.2) is 47.4 Å². The summed E-state index contributed by atoms with van der Waals surface area (Å²) >= 11 is 1.19. The van der Waals surface area contributed by atoms with E-state index in [2.05, 4.69) is 10.6 Å². The van der Waals surface area contributed by atoms with Gasteiger partial charge in [-0.05, 0) is 42.5 Å². The molecule has 1 atom stereocenters. The van der Waals surface area contributed by atoms with Crippen molar-refractivity contribution in [3.63, 3.8) is 0 Å². The molecule has 0 aromatic heterocycles. The van der Waals surface area contributed by atoms with E-state index in [0.717, 1.165) is 0 Å². The zero-order valence-corrected chi connectivity index (χ0v) is 14.6. The average molecular weight is 372 g/mol. The largest absolute Gasteiger partial charge is 0.497 e. The van der Waals surface area contributed by atoms with Crippen LogP contribution in [0, 0.1) is 0 Å². The highest BCUT2D eigenvalue weighted by atomic mass is 32.2. The van der Waals surface area contributed by atoms with Crippen LogP contribution in [0.3, 0.4) is 0 Å². The Morgan fingerprint density at radius 3 is 2.62 bits per heavy atom. The highest BCUT2D eigenvalue weighted by molar-refractivity contribution is 8.01. The van der Waals surface area contributed by atoms with Gasteiger partial charge in [-0.2, -0.15) is 0 Å². The first-order chi connectivity index (χ1) is 12.5. The van der Waals surface area contributed by atoms with Crippen LogP contribution in [0.1, 0.15) is 16.8 Å². The van der Waals surface area contributed by atoms with E-state index in [1.165, 1.54) is 23.9 Å². The summed E-state index contributed by atoms with van der Waals surface area (Å²) in [5.41, 5.74) is 1.29. The third-order valence-corrected chi connectivity index (χ3v) is 5.05. The fourth-order valence-electron chi connectivity index (χ4n) is 2.47. The van der Waals surface area contributed by atoms with E-state index in [4.69, 9.17) is 9.84 Å². The molecule has 3 N–H and O–H groups in total. The minimum Gasteiger partial charge on any atom is -0.497 e. The van der Waals surface area contributed by atoms with Crippen LogP contribution < -0.4 is 15.4 Å². The molecule has 0 radical (unpaired) electrons. The Hall–Kier alpha value is -3.00. The first-order valence-electron chi connectivity index (χ1n) is 7.75. The number of methoxy groups -OCH3 is 1. The second kappa shape index (κ2) is 7.49. The molecule has 2 amide bonds. The van der Waals surface area contributed by atoms with Crippen molar-refractivity contribution in [1.29, 1.82) is 0 Å². The van der Waals surface area contributed by atoms with Crippen molar-refractivity contribution < 1.29 is 24.2 Å². The van der Waals surface area contributed by atoms with Gasteiger partial charge >= 0.3 is 5.97 Å². The molecule has 2 aromatic rings. The first-order valence-corrected chi connectivity index (χ1v) is 8.63. The lowest BCUT2D eigenvalue weighted by Gasteiger charge is -2.24. The SMILES string of the molecule is COc1ccc(NC(=O)C[C@@H]2Sc3cc(C(=O)O)ccc3NC2=O)cc1. The van der Waals surface area contributed by atoms with Gasteiger partial charge < -0.3 is 20.5 Å². The number of carbonyl (C=O) groups excluding carboxylic acids is 2. The van der Waals surface area contributed by atoms with E-state index in [-0.39, 0.29) is 23.8 Å². The van der Waals surface area contributed by atoms with E-state index in [1.54, 1.807) is 37.4 Å². The second-order valence-electron chi connectivity index (χ2n) is 5.59. The van der Waals surface area contributed by atoms with Gasteiger partial charge in [-0.25, -0.2) is 4.79 Å². The molecule has 2 aromatic carbocycles. The summed E-state index contributed by atoms with van der Waals surface area (Å²) in [6.45, 7) is 0. The van der Waals surface area contributed by atoms with Gasteiger partial charge in [0.25, 0.3) is 0 Å². The van der Waals surface area contributed by atoms with Crippen LogP contribution in [-0.4, -0.2) is 35.2 Å². The number of carboxylic acids is 1. The molecule has 7 nitrogen and oxygen atoms in total. The number of benzene rings is 2. The number of fused-ring (bicyclic) bond motifs is 1. The molecule has 0 spiro atoms. The number of hydrogen-bond donors (Lipinski definition) is 3. The van der Waals surface area contributed by atoms with E-state index in [9.17, 15) is 14.4 Å². The summed E-state index contributed by atoms with van der Waals surface area (Å²) < 4.78 is 5.06. The number of carbonyl (C=O) groups is 3. The van der Waals surface area contributed by atoms with Crippen LogP contribution in [0.2, 0.25) is 0 Å². The molecule has 0 aliphatic carbocycles. The van der Waals surface area contributed by atoms with Gasteiger partial charge in [0, 0.05) is 17.0 Å². The maximum atomic E-state index is 12.2. The lowest BCUT2D eigenvalue weighted by Crippen LogP contribution is -2.32. The van der Waals surface area contributed by atoms with E-state index in [0.29, 0.717) is 22.0 Å². The number of nitrogens with one attached hydrogen (secondary N) is 2. The molecule has 3 rings (SSSR count). The van der Waals surface area contributed by atoms with Crippen molar-refractivity contribution in [2.75, 3.05) is 17.7 Å². The smallest absolute Gasteiger partial charge is 0.335 e. The Kier molecular flexibility index (Phi) is 5.13. The topological polar surface area (TPSA) is 105 Å². The number of hydrogen-bond acceptors (Lipinski definition) is 5. The summed E-state index contributed by atoms with van der Waals surface area (Å²) in [6, 6.07) is 11.3. The minimum absolute atomic E-state index is 0.0285. The quantitative estimate of drug-likeness (QED) is 0.745. The molecular formula is C18H16N2O5S. The molecule has 134 valence electrons. The molecule has 26 heavy (non-hydrogen) atoms. The van der Waals surface area contributed by atoms with Crippen LogP contribution in [0.25, 0.3) is 0 Å². The zero-order valence-electron chi connectivity index (χ0n) is 13.8. The molecule has 1 heterocycles. The van der Waals surface area contributed by atoms with Gasteiger partial charge in [-0.1, -0.05) is 0 Å². The summed E-state index contributed by atoms with van der Waals surface area (Å²) in [4.78, 5) is 36.2. The highest BCUT2D eigenvalue weighted by Gasteiger charge is 2.29. The van der Waals surface area contributed by atoms with Crippen molar-refractivity contribution in [2.24, 2.45) is 0 Å². The Bertz CT molecular complexity index is 866. The van der Waals surface area contributed by atoms with Gasteiger partial charge in [-0.15, -0.1) is 11.8 Å². The van der Waals surface area contributed by atoms with Gasteiger partial charge in [0.2, 0.25) is 11.8 Å². The summed E-state index contributed by atoms with van der Waals surface area (Å²) in [7, 11) is 1.56. The van der Waals surface area contributed by atoms with Crippen molar-refractivity contribution in [3.05, 3.63) is 48.0 Å². The Morgan fingerprint density at radius 1 is 1.23 bits per heavy atom. The Morgan fingerprint density at radius 2 is 1.96 bits per heavy atom. The number of amides is 2. The monoisotopic (exact) mass is 372 g/mol. The Balaban J connectivity index is 1.67. The normalized spacial score (nSPS) is 15.6. The summed E-state index contributed by atoms with van der Waals surface area (Å²) in [5.74, 6) is -0.953. The molecule has 0 saturated heterocycles. The number of rotatable bonds is 5. The number of anilines is 2. The van der Waals surface area contributed by atoms with Crippen LogP contribution in [0.5, 0.6) is 5.75 Å². The molecule has 0 saturated carbocycles. The van der Waals surface area contributed by atoms with E-state index in [1.807, 2.05) is 0 Å². The molecule has 0 unspecified atom stereocenters. The number of aromatic carboxylic acids is 1. The molecule has 8 heteroatoms. The van der Waals surface area contributed by atoms with Gasteiger partial charge in [0.05, 0.1) is 23.6 Å². The van der Waals surface area contributed by atoms with E-state index < -0.39 is 11.2 Å². The molecule has 1 aliphatic rings. The molecule has 1 aliphatic heterocycles. The van der Waals surface area contributed by atoms with Crippen LogP contribution in [-0.2, 0) is 9.59 Å². The maximum absolute atomic E-state index is 12.2. The Labute approximate surface area is 153 Å². The number of ether oxygens (including phenoxy) is 1. The summed E-state index contributed by atoms with van der Waals surface area (Å²) in [5, 5.41) is 13.9. The molecular weight excluding hydrogens is 356 g/mol. The zero-order chi connectivity index (χ0) is 18.7. The maximum Gasteiger partial charge on any atom is 0.335 e. The molecule has 0 fully saturated rings. The van der Waals surface area contributed by atoms with E-state index >= 15 is 0 Å². The van der Waals surface area contributed by atoms with Gasteiger partial charge in [-0.3, -0.25) is 9.59 Å². The van der Waals surface area contributed by atoms with Crippen molar-refractivity contribution in [1.82, 2.24) is 0 Å². The van der Waals surface area contributed by atoms with Crippen molar-refractivity contribution in [2.45, 2.75) is 16.6 Å². The average Bonchev–Trinajstić information content (AvgIpc) is 2.62. The van der Waals surface area contributed by atoms with Crippen LogP contribution >= 0.6 is 11.8 Å². The minimum atomic E-state index is -1.04. The third kappa shape index (κ3) is 3.97. The van der Waals surface area contributed by atoms with Gasteiger partial charge in [0.15, 0.2) is 0 Å². The van der Waals surface area contributed by atoms with Crippen molar-refractivity contribution in [3.8, 4) is 5.75 Å². The number of thioether (sulfide) groups is 1. The van der Waals surface area contributed by atoms with Crippen LogP contribution in [0.4, 0.5) is 11.4 Å². The third-order valence-electron chi connectivity index (χ3n) is 3.79. The standard InChI is InChI=1S/C18H16N2O5S/c1-25-12-5-3-11(4-6-12)19-16(21)9-15-17(22)20-13-7-2-10(18(23)24)8-14(13)26-15/h2-8,15H,9H2,1H3,(H,19,21)(H,20,22)(H,23,24)/t15-/m0/s1. The van der Waals surface area contributed by atoms with Crippen molar-refractivity contribution >= 4 is 40.9 Å².